The molecule has 0 aliphatic rings. The Morgan fingerprint density at radius 1 is 1.10 bits per heavy atom. The summed E-state index contributed by atoms with van der Waals surface area (Å²) in [5, 5.41) is 4.17. The maximum Gasteiger partial charge on any atom is 0.242 e. The average molecular weight is 453 g/mol. The predicted octanol–water partition coefficient (Wildman–Crippen LogP) is 5.42. The van der Waals surface area contributed by atoms with Gasteiger partial charge in [-0.3, -0.25) is 9.59 Å². The van der Waals surface area contributed by atoms with Gasteiger partial charge in [0.15, 0.2) is 0 Å². The standard InChI is InChI=1S/C22H26Cl2N2O2S/c1-3-12-25-22(28)16(2)26(15-17-5-4-6-19(24)14-17)21(27)11-13-29-20-9-7-18(23)8-10-20/h4-10,14,16H,3,11-13,15H2,1-2H3,(H,25,28). The summed E-state index contributed by atoms with van der Waals surface area (Å²) in [6, 6.07) is 14.3. The van der Waals surface area contributed by atoms with E-state index in [1.807, 2.05) is 49.4 Å². The van der Waals surface area contributed by atoms with Crippen LogP contribution < -0.4 is 5.32 Å². The third kappa shape index (κ3) is 7.92. The lowest BCUT2D eigenvalue weighted by Gasteiger charge is -2.29. The SMILES string of the molecule is CCCNC(=O)C(C)N(Cc1cccc(Cl)c1)C(=O)CCSc1ccc(Cl)cc1. The van der Waals surface area contributed by atoms with E-state index in [2.05, 4.69) is 5.32 Å². The molecule has 2 aromatic carbocycles. The molecule has 7 heteroatoms. The minimum Gasteiger partial charge on any atom is -0.354 e. The molecule has 1 unspecified atom stereocenters. The highest BCUT2D eigenvalue weighted by molar-refractivity contribution is 7.99. The quantitative estimate of drug-likeness (QED) is 0.489. The maximum absolute atomic E-state index is 13.0. The van der Waals surface area contributed by atoms with E-state index in [9.17, 15) is 9.59 Å². The fraction of sp³-hybridized carbons (Fsp3) is 0.364. The molecule has 0 aromatic heterocycles. The van der Waals surface area contributed by atoms with E-state index in [1.54, 1.807) is 29.7 Å². The molecule has 0 saturated heterocycles. The zero-order valence-electron chi connectivity index (χ0n) is 16.7. The molecule has 0 saturated carbocycles. The lowest BCUT2D eigenvalue weighted by Crippen LogP contribution is -2.47. The van der Waals surface area contributed by atoms with Crippen molar-refractivity contribution in [3.05, 3.63) is 64.1 Å². The maximum atomic E-state index is 13.0. The van der Waals surface area contributed by atoms with Crippen molar-refractivity contribution in [2.45, 2.75) is 44.2 Å². The van der Waals surface area contributed by atoms with Crippen LogP contribution in [-0.2, 0) is 16.1 Å². The van der Waals surface area contributed by atoms with Gasteiger partial charge in [-0.1, -0.05) is 42.3 Å². The molecule has 2 amide bonds. The molecule has 2 rings (SSSR count). The number of hydrogen-bond acceptors (Lipinski definition) is 3. The first-order valence-electron chi connectivity index (χ1n) is 9.60. The normalized spacial score (nSPS) is 11.7. The Hall–Kier alpha value is -1.69. The van der Waals surface area contributed by atoms with Crippen molar-refractivity contribution in [3.63, 3.8) is 0 Å². The number of carbonyl (C=O) groups is 2. The lowest BCUT2D eigenvalue weighted by molar-refractivity contribution is -0.140. The second-order valence-electron chi connectivity index (χ2n) is 6.67. The van der Waals surface area contributed by atoms with E-state index in [1.165, 1.54) is 0 Å². The molecule has 0 aliphatic heterocycles. The molecular weight excluding hydrogens is 427 g/mol. The van der Waals surface area contributed by atoms with Crippen LogP contribution in [-0.4, -0.2) is 35.1 Å². The Morgan fingerprint density at radius 3 is 2.48 bits per heavy atom. The summed E-state index contributed by atoms with van der Waals surface area (Å²) in [4.78, 5) is 28.1. The molecule has 0 bridgehead atoms. The lowest BCUT2D eigenvalue weighted by atomic mass is 10.1. The van der Waals surface area contributed by atoms with E-state index in [0.717, 1.165) is 16.9 Å². The highest BCUT2D eigenvalue weighted by Gasteiger charge is 2.25. The third-order valence-electron chi connectivity index (χ3n) is 4.36. The van der Waals surface area contributed by atoms with Crippen molar-refractivity contribution < 1.29 is 9.59 Å². The van der Waals surface area contributed by atoms with Crippen molar-refractivity contribution in [2.75, 3.05) is 12.3 Å². The van der Waals surface area contributed by atoms with Crippen LogP contribution in [0.5, 0.6) is 0 Å². The van der Waals surface area contributed by atoms with Crippen LogP contribution in [0.2, 0.25) is 10.0 Å². The van der Waals surface area contributed by atoms with Crippen molar-refractivity contribution >= 4 is 46.8 Å². The molecule has 156 valence electrons. The molecule has 1 atom stereocenters. The number of rotatable bonds is 10. The second-order valence-corrected chi connectivity index (χ2v) is 8.71. The van der Waals surface area contributed by atoms with Gasteiger partial charge in [0.25, 0.3) is 0 Å². The number of carbonyl (C=O) groups excluding carboxylic acids is 2. The summed E-state index contributed by atoms with van der Waals surface area (Å²) in [6.45, 7) is 4.69. The van der Waals surface area contributed by atoms with Crippen molar-refractivity contribution in [1.29, 1.82) is 0 Å². The minimum absolute atomic E-state index is 0.0643. The highest BCUT2D eigenvalue weighted by atomic mass is 35.5. The molecule has 0 fully saturated rings. The largest absolute Gasteiger partial charge is 0.354 e. The number of benzene rings is 2. The summed E-state index contributed by atoms with van der Waals surface area (Å²) in [6.07, 6.45) is 1.18. The Bertz CT molecular complexity index is 815. The van der Waals surface area contributed by atoms with Crippen molar-refractivity contribution in [2.24, 2.45) is 0 Å². The van der Waals surface area contributed by atoms with Crippen LogP contribution in [0.15, 0.2) is 53.4 Å². The molecule has 4 nitrogen and oxygen atoms in total. The number of nitrogens with one attached hydrogen (secondary N) is 1. The van der Waals surface area contributed by atoms with Crippen LogP contribution in [0.25, 0.3) is 0 Å². The molecule has 29 heavy (non-hydrogen) atoms. The van der Waals surface area contributed by atoms with Crippen LogP contribution in [0.4, 0.5) is 0 Å². The molecule has 0 radical (unpaired) electrons. The van der Waals surface area contributed by atoms with Crippen LogP contribution in [0, 0.1) is 0 Å². The summed E-state index contributed by atoms with van der Waals surface area (Å²) >= 11 is 13.6. The smallest absolute Gasteiger partial charge is 0.242 e. The fourth-order valence-electron chi connectivity index (χ4n) is 2.74. The van der Waals surface area contributed by atoms with E-state index in [-0.39, 0.29) is 11.8 Å². The monoisotopic (exact) mass is 452 g/mol. The van der Waals surface area contributed by atoms with Gasteiger partial charge in [0, 0.05) is 40.2 Å². The molecule has 0 heterocycles. The third-order valence-corrected chi connectivity index (χ3v) is 5.86. The van der Waals surface area contributed by atoms with Gasteiger partial charge in [-0.05, 0) is 55.3 Å². The van der Waals surface area contributed by atoms with Gasteiger partial charge >= 0.3 is 0 Å². The Labute approximate surface area is 187 Å². The van der Waals surface area contributed by atoms with E-state index < -0.39 is 6.04 Å². The van der Waals surface area contributed by atoms with Gasteiger partial charge in [-0.2, -0.15) is 0 Å². The van der Waals surface area contributed by atoms with Crippen LogP contribution in [0.1, 0.15) is 32.3 Å². The molecule has 2 aromatic rings. The van der Waals surface area contributed by atoms with E-state index in [0.29, 0.717) is 35.3 Å². The number of nitrogens with zero attached hydrogens (tertiary/aromatic N) is 1. The highest BCUT2D eigenvalue weighted by Crippen LogP contribution is 2.22. The minimum atomic E-state index is -0.562. The topological polar surface area (TPSA) is 49.4 Å². The van der Waals surface area contributed by atoms with Crippen molar-refractivity contribution in [3.8, 4) is 0 Å². The van der Waals surface area contributed by atoms with Crippen molar-refractivity contribution in [1.82, 2.24) is 10.2 Å². The molecule has 0 spiro atoms. The average Bonchev–Trinajstić information content (AvgIpc) is 2.71. The Morgan fingerprint density at radius 2 is 1.83 bits per heavy atom. The number of amides is 2. The Kier molecular flexibility index (Phi) is 9.85. The molecule has 1 N–H and O–H groups in total. The summed E-state index contributed by atoms with van der Waals surface area (Å²) in [7, 11) is 0. The predicted molar refractivity (Wildman–Crippen MR) is 122 cm³/mol. The van der Waals surface area contributed by atoms with Gasteiger partial charge < -0.3 is 10.2 Å². The van der Waals surface area contributed by atoms with Gasteiger partial charge in [0.2, 0.25) is 11.8 Å². The number of thioether (sulfide) groups is 1. The zero-order chi connectivity index (χ0) is 21.2. The first kappa shape index (κ1) is 23.6. The van der Waals surface area contributed by atoms with Crippen LogP contribution in [0.3, 0.4) is 0 Å². The Balaban J connectivity index is 2.04. The zero-order valence-corrected chi connectivity index (χ0v) is 19.0. The fourth-order valence-corrected chi connectivity index (χ4v) is 3.92. The van der Waals surface area contributed by atoms with Gasteiger partial charge in [-0.25, -0.2) is 0 Å². The summed E-state index contributed by atoms with van der Waals surface area (Å²) in [5.41, 5.74) is 0.895. The summed E-state index contributed by atoms with van der Waals surface area (Å²) in [5.74, 6) is 0.411. The van der Waals surface area contributed by atoms with Crippen LogP contribution >= 0.6 is 35.0 Å². The van der Waals surface area contributed by atoms with Gasteiger partial charge in [0.05, 0.1) is 0 Å². The molecular formula is C22H26Cl2N2O2S. The number of halogens is 2. The second kappa shape index (κ2) is 12.1. The molecule has 0 aliphatic carbocycles. The van der Waals surface area contributed by atoms with E-state index in [4.69, 9.17) is 23.2 Å². The van der Waals surface area contributed by atoms with Gasteiger partial charge in [-0.15, -0.1) is 11.8 Å². The van der Waals surface area contributed by atoms with E-state index >= 15 is 0 Å². The summed E-state index contributed by atoms with van der Waals surface area (Å²) < 4.78 is 0. The van der Waals surface area contributed by atoms with Gasteiger partial charge in [0.1, 0.15) is 6.04 Å². The first-order valence-corrected chi connectivity index (χ1v) is 11.3. The first-order chi connectivity index (χ1) is 13.9. The number of hydrogen-bond donors (Lipinski definition) is 1.